The Morgan fingerprint density at radius 2 is 2.10 bits per heavy atom. The van der Waals surface area contributed by atoms with Crippen molar-refractivity contribution >= 4 is 27.5 Å². The molecular weight excluding hydrogens is 314 g/mol. The second kappa shape index (κ2) is 6.66. The number of sulfone groups is 1. The number of hydrogen-bond donors (Lipinski definition) is 0. The van der Waals surface area contributed by atoms with E-state index in [-0.39, 0.29) is 18.9 Å². The molecule has 0 aromatic heterocycles. The summed E-state index contributed by atoms with van der Waals surface area (Å²) < 4.78 is 29.8. The summed E-state index contributed by atoms with van der Waals surface area (Å²) in [4.78, 5) is 13.2. The number of carbonyl (C=O) groups is 1. The zero-order valence-electron chi connectivity index (χ0n) is 11.8. The molecule has 1 atom stereocenters. The molecule has 1 aromatic rings. The summed E-state index contributed by atoms with van der Waals surface area (Å²) in [6, 6.07) is 6.94. The summed E-state index contributed by atoms with van der Waals surface area (Å²) in [5, 5.41) is -0.235. The summed E-state index contributed by atoms with van der Waals surface area (Å²) in [6.07, 6.45) is -0.141. The number of rotatable bonds is 2. The standard InChI is InChI=1S/C14H18ClNO4S/c1-2-20-14(17)16-8-7-13(21(18,19)10-9-16)11-5-3-4-6-12(11)15/h3-6,13H,2,7-10H2,1H3/t13-/m1/s1. The smallest absolute Gasteiger partial charge is 0.409 e. The SMILES string of the molecule is CCOC(=O)N1CC[C@H](c2ccccc2Cl)S(=O)(=O)CC1. The van der Waals surface area contributed by atoms with Crippen molar-refractivity contribution in [2.45, 2.75) is 18.6 Å². The minimum atomic E-state index is -3.35. The zero-order chi connectivity index (χ0) is 15.5. The van der Waals surface area contributed by atoms with Crippen LogP contribution in [0, 0.1) is 0 Å². The Labute approximate surface area is 129 Å². The molecule has 0 bridgehead atoms. The molecule has 1 amide bonds. The first-order valence-corrected chi connectivity index (χ1v) is 8.92. The Kier molecular flexibility index (Phi) is 5.11. The highest BCUT2D eigenvalue weighted by Crippen LogP contribution is 2.33. The molecule has 0 N–H and O–H groups in total. The highest BCUT2D eigenvalue weighted by molar-refractivity contribution is 7.91. The molecule has 1 aliphatic heterocycles. The summed E-state index contributed by atoms with van der Waals surface area (Å²) in [7, 11) is -3.35. The fourth-order valence-electron chi connectivity index (χ4n) is 2.43. The lowest BCUT2D eigenvalue weighted by molar-refractivity contribution is 0.109. The van der Waals surface area contributed by atoms with E-state index in [4.69, 9.17) is 16.3 Å². The number of amides is 1. The van der Waals surface area contributed by atoms with E-state index in [9.17, 15) is 13.2 Å². The lowest BCUT2D eigenvalue weighted by Gasteiger charge is -2.19. The van der Waals surface area contributed by atoms with E-state index in [1.54, 1.807) is 31.2 Å². The maximum atomic E-state index is 12.4. The second-order valence-corrected chi connectivity index (χ2v) is 7.56. The maximum Gasteiger partial charge on any atom is 0.409 e. The Hall–Kier alpha value is -1.27. The minimum Gasteiger partial charge on any atom is -0.450 e. The molecule has 1 aliphatic rings. The molecule has 5 nitrogen and oxygen atoms in total. The van der Waals surface area contributed by atoms with Gasteiger partial charge in [0.05, 0.1) is 17.6 Å². The fraction of sp³-hybridized carbons (Fsp3) is 0.500. The van der Waals surface area contributed by atoms with Crippen molar-refractivity contribution in [2.75, 3.05) is 25.4 Å². The van der Waals surface area contributed by atoms with Gasteiger partial charge in [0.1, 0.15) is 0 Å². The molecule has 7 heteroatoms. The number of benzene rings is 1. The summed E-state index contributed by atoms with van der Waals surface area (Å²) in [6.45, 7) is 2.49. The highest BCUT2D eigenvalue weighted by atomic mass is 35.5. The summed E-state index contributed by atoms with van der Waals surface area (Å²) in [5.74, 6) is -0.0816. The van der Waals surface area contributed by atoms with Gasteiger partial charge in [0.2, 0.25) is 0 Å². The molecule has 0 spiro atoms. The second-order valence-electron chi connectivity index (χ2n) is 4.85. The van der Waals surface area contributed by atoms with Crippen molar-refractivity contribution in [2.24, 2.45) is 0 Å². The molecule has 0 radical (unpaired) electrons. The predicted octanol–water partition coefficient (Wildman–Crippen LogP) is 2.66. The van der Waals surface area contributed by atoms with Gasteiger partial charge in [-0.1, -0.05) is 29.8 Å². The third kappa shape index (κ3) is 3.68. The van der Waals surface area contributed by atoms with Crippen LogP contribution in [0.5, 0.6) is 0 Å². The van der Waals surface area contributed by atoms with Crippen LogP contribution in [0.25, 0.3) is 0 Å². The molecule has 116 valence electrons. The third-order valence-electron chi connectivity index (χ3n) is 3.52. The normalized spacial score (nSPS) is 21.6. The molecule has 2 rings (SSSR count). The average Bonchev–Trinajstić information content (AvgIpc) is 2.58. The van der Waals surface area contributed by atoms with E-state index < -0.39 is 21.2 Å². The highest BCUT2D eigenvalue weighted by Gasteiger charge is 2.34. The van der Waals surface area contributed by atoms with Gasteiger partial charge in [-0.25, -0.2) is 13.2 Å². The number of nitrogens with zero attached hydrogens (tertiary/aromatic N) is 1. The summed E-state index contributed by atoms with van der Waals surface area (Å²) >= 11 is 6.12. The Balaban J connectivity index is 2.24. The Morgan fingerprint density at radius 1 is 1.38 bits per heavy atom. The lowest BCUT2D eigenvalue weighted by atomic mass is 10.1. The quantitative estimate of drug-likeness (QED) is 0.835. The van der Waals surface area contributed by atoms with E-state index in [1.807, 2.05) is 0 Å². The number of halogens is 1. The van der Waals surface area contributed by atoms with E-state index in [2.05, 4.69) is 0 Å². The van der Waals surface area contributed by atoms with Gasteiger partial charge in [-0.3, -0.25) is 0 Å². The van der Waals surface area contributed by atoms with Crippen LogP contribution in [0.1, 0.15) is 24.2 Å². The van der Waals surface area contributed by atoms with Crippen LogP contribution in [-0.2, 0) is 14.6 Å². The van der Waals surface area contributed by atoms with Crippen LogP contribution in [0.3, 0.4) is 0 Å². The average molecular weight is 332 g/mol. The first-order valence-electron chi connectivity index (χ1n) is 6.83. The molecular formula is C14H18ClNO4S. The first-order chi connectivity index (χ1) is 9.95. The Morgan fingerprint density at radius 3 is 2.76 bits per heavy atom. The van der Waals surface area contributed by atoms with Crippen molar-refractivity contribution < 1.29 is 17.9 Å². The largest absolute Gasteiger partial charge is 0.450 e. The first kappa shape index (κ1) is 16.1. The number of carbonyl (C=O) groups excluding carboxylic acids is 1. The molecule has 1 saturated heterocycles. The van der Waals surface area contributed by atoms with Gasteiger partial charge in [-0.15, -0.1) is 0 Å². The Bertz CT molecular complexity index is 617. The summed E-state index contributed by atoms with van der Waals surface area (Å²) in [5.41, 5.74) is 0.602. The molecule has 21 heavy (non-hydrogen) atoms. The van der Waals surface area contributed by atoms with Crippen LogP contribution < -0.4 is 0 Å². The van der Waals surface area contributed by atoms with Crippen molar-refractivity contribution in [3.63, 3.8) is 0 Å². The zero-order valence-corrected chi connectivity index (χ0v) is 13.4. The predicted molar refractivity (Wildman–Crippen MR) is 81.2 cm³/mol. The molecule has 1 heterocycles. The van der Waals surface area contributed by atoms with Gasteiger partial charge in [-0.05, 0) is 25.0 Å². The fourth-order valence-corrected chi connectivity index (χ4v) is 4.58. The van der Waals surface area contributed by atoms with Crippen LogP contribution in [-0.4, -0.2) is 44.9 Å². The molecule has 1 aromatic carbocycles. The van der Waals surface area contributed by atoms with E-state index in [0.29, 0.717) is 23.6 Å². The van der Waals surface area contributed by atoms with Gasteiger partial charge < -0.3 is 9.64 Å². The van der Waals surface area contributed by atoms with Crippen molar-refractivity contribution in [3.8, 4) is 0 Å². The minimum absolute atomic E-state index is 0.0816. The van der Waals surface area contributed by atoms with Crippen LogP contribution in [0.4, 0.5) is 4.79 Å². The topological polar surface area (TPSA) is 63.7 Å². The van der Waals surface area contributed by atoms with Gasteiger partial charge in [0.25, 0.3) is 0 Å². The monoisotopic (exact) mass is 331 g/mol. The van der Waals surface area contributed by atoms with Crippen LogP contribution in [0.15, 0.2) is 24.3 Å². The van der Waals surface area contributed by atoms with Gasteiger partial charge in [0, 0.05) is 18.1 Å². The molecule has 1 fully saturated rings. The van der Waals surface area contributed by atoms with Crippen molar-refractivity contribution in [1.82, 2.24) is 4.90 Å². The van der Waals surface area contributed by atoms with Gasteiger partial charge >= 0.3 is 6.09 Å². The van der Waals surface area contributed by atoms with E-state index >= 15 is 0 Å². The molecule has 0 unspecified atom stereocenters. The van der Waals surface area contributed by atoms with Gasteiger partial charge in [-0.2, -0.15) is 0 Å². The van der Waals surface area contributed by atoms with Crippen molar-refractivity contribution in [3.05, 3.63) is 34.9 Å². The third-order valence-corrected chi connectivity index (χ3v) is 5.97. The molecule has 0 aliphatic carbocycles. The van der Waals surface area contributed by atoms with E-state index in [0.717, 1.165) is 0 Å². The molecule has 0 saturated carbocycles. The lowest BCUT2D eigenvalue weighted by Crippen LogP contribution is -2.34. The maximum absolute atomic E-state index is 12.4. The number of hydrogen-bond acceptors (Lipinski definition) is 4. The van der Waals surface area contributed by atoms with Crippen LogP contribution >= 0.6 is 11.6 Å². The van der Waals surface area contributed by atoms with Crippen LogP contribution in [0.2, 0.25) is 5.02 Å². The number of ether oxygens (including phenoxy) is 1. The van der Waals surface area contributed by atoms with Gasteiger partial charge in [0.15, 0.2) is 9.84 Å². The van der Waals surface area contributed by atoms with Crippen molar-refractivity contribution in [1.29, 1.82) is 0 Å². The van der Waals surface area contributed by atoms with E-state index in [1.165, 1.54) is 4.90 Å².